The molecule has 5 rings (SSSR count). The average Bonchev–Trinajstić information content (AvgIpc) is 3.40. The highest BCUT2D eigenvalue weighted by atomic mass is 16.7. The van der Waals surface area contributed by atoms with Crippen LogP contribution in [0.15, 0.2) is 22.9 Å². The van der Waals surface area contributed by atoms with Gasteiger partial charge in [0.05, 0.1) is 24.6 Å². The number of urea groups is 1. The first kappa shape index (κ1) is 17.4. The fourth-order valence-corrected chi connectivity index (χ4v) is 4.25. The molecule has 1 aromatic carbocycles. The Morgan fingerprint density at radius 3 is 2.54 bits per heavy atom. The molecule has 0 saturated carbocycles. The molecule has 4 heterocycles. The van der Waals surface area contributed by atoms with E-state index >= 15 is 0 Å². The number of carbonyl (C=O) groups is 2. The number of rotatable bonds is 3. The van der Waals surface area contributed by atoms with Crippen LogP contribution in [0.4, 0.5) is 16.2 Å². The zero-order valence-corrected chi connectivity index (χ0v) is 15.4. The van der Waals surface area contributed by atoms with E-state index < -0.39 is 6.03 Å². The predicted molar refractivity (Wildman–Crippen MR) is 100 cm³/mol. The number of imide groups is 1. The Bertz CT molecular complexity index is 899. The minimum Gasteiger partial charge on any atom is -0.441 e. The van der Waals surface area contributed by atoms with Gasteiger partial charge in [0, 0.05) is 32.0 Å². The largest absolute Gasteiger partial charge is 0.441 e. The van der Waals surface area contributed by atoms with E-state index in [1.54, 1.807) is 0 Å². The first-order valence-corrected chi connectivity index (χ1v) is 9.66. The standard InChI is InChI=1S/C19H22N4O5/c24-15-5-8-23(19(25)21-15)14-2-1-13(16-17(14)28-11-20-16)22-6-3-12(4-7-22)18-26-9-10-27-18/h1-2,11-12,18H,3-10H2,(H,21,24,25). The van der Waals surface area contributed by atoms with Gasteiger partial charge in [-0.1, -0.05) is 0 Å². The van der Waals surface area contributed by atoms with E-state index in [9.17, 15) is 9.59 Å². The fraction of sp³-hybridized carbons (Fsp3) is 0.526. The van der Waals surface area contributed by atoms with E-state index in [0.717, 1.165) is 37.1 Å². The molecule has 0 bridgehead atoms. The van der Waals surface area contributed by atoms with Crippen molar-refractivity contribution < 1.29 is 23.5 Å². The van der Waals surface area contributed by atoms with Crippen molar-refractivity contribution in [3.05, 3.63) is 18.5 Å². The van der Waals surface area contributed by atoms with Crippen molar-refractivity contribution in [1.29, 1.82) is 0 Å². The summed E-state index contributed by atoms with van der Waals surface area (Å²) in [5.41, 5.74) is 2.91. The van der Waals surface area contributed by atoms with Crippen LogP contribution >= 0.6 is 0 Å². The molecule has 9 heteroatoms. The van der Waals surface area contributed by atoms with E-state index in [0.29, 0.717) is 36.9 Å². The van der Waals surface area contributed by atoms with Gasteiger partial charge in [-0.3, -0.25) is 15.0 Å². The lowest BCUT2D eigenvalue weighted by Crippen LogP contribution is -2.49. The summed E-state index contributed by atoms with van der Waals surface area (Å²) in [6.45, 7) is 3.46. The summed E-state index contributed by atoms with van der Waals surface area (Å²) in [5, 5.41) is 2.35. The Morgan fingerprint density at radius 2 is 1.79 bits per heavy atom. The highest BCUT2D eigenvalue weighted by Gasteiger charge is 2.32. The van der Waals surface area contributed by atoms with Crippen molar-refractivity contribution in [3.63, 3.8) is 0 Å². The molecular weight excluding hydrogens is 364 g/mol. The van der Waals surface area contributed by atoms with Crippen LogP contribution in [0.3, 0.4) is 0 Å². The molecule has 0 aliphatic carbocycles. The van der Waals surface area contributed by atoms with Gasteiger partial charge in [0.2, 0.25) is 5.91 Å². The summed E-state index contributed by atoms with van der Waals surface area (Å²) in [5.74, 6) is 0.158. The van der Waals surface area contributed by atoms with Crippen LogP contribution in [0.2, 0.25) is 0 Å². The number of hydrogen-bond acceptors (Lipinski definition) is 7. The molecule has 1 N–H and O–H groups in total. The average molecular weight is 386 g/mol. The number of nitrogens with one attached hydrogen (secondary N) is 1. The van der Waals surface area contributed by atoms with Gasteiger partial charge in [-0.05, 0) is 25.0 Å². The third kappa shape index (κ3) is 3.00. The summed E-state index contributed by atoms with van der Waals surface area (Å²) in [4.78, 5) is 31.9. The predicted octanol–water partition coefficient (Wildman–Crippen LogP) is 1.86. The molecule has 2 aromatic rings. The van der Waals surface area contributed by atoms with Gasteiger partial charge in [0.15, 0.2) is 18.3 Å². The van der Waals surface area contributed by atoms with Crippen LogP contribution in [0.1, 0.15) is 19.3 Å². The first-order valence-electron chi connectivity index (χ1n) is 9.66. The zero-order valence-electron chi connectivity index (χ0n) is 15.4. The van der Waals surface area contributed by atoms with E-state index in [2.05, 4.69) is 15.2 Å². The molecule has 3 amide bonds. The fourth-order valence-electron chi connectivity index (χ4n) is 4.25. The number of hydrogen-bond donors (Lipinski definition) is 1. The quantitative estimate of drug-likeness (QED) is 0.860. The van der Waals surface area contributed by atoms with E-state index in [-0.39, 0.29) is 18.6 Å². The van der Waals surface area contributed by atoms with Crippen molar-refractivity contribution >= 4 is 34.4 Å². The van der Waals surface area contributed by atoms with Crippen molar-refractivity contribution in [2.24, 2.45) is 5.92 Å². The monoisotopic (exact) mass is 386 g/mol. The first-order chi connectivity index (χ1) is 13.7. The Morgan fingerprint density at radius 1 is 1.04 bits per heavy atom. The molecule has 0 radical (unpaired) electrons. The number of amides is 3. The number of oxazole rings is 1. The van der Waals surface area contributed by atoms with Crippen molar-refractivity contribution in [1.82, 2.24) is 10.3 Å². The van der Waals surface area contributed by atoms with Gasteiger partial charge in [-0.2, -0.15) is 0 Å². The Hall–Kier alpha value is -2.65. The van der Waals surface area contributed by atoms with Crippen molar-refractivity contribution in [2.45, 2.75) is 25.6 Å². The third-order valence-corrected chi connectivity index (χ3v) is 5.70. The number of benzene rings is 1. The molecule has 3 fully saturated rings. The molecule has 0 unspecified atom stereocenters. The maximum absolute atomic E-state index is 12.2. The molecule has 3 aliphatic heterocycles. The highest BCUT2D eigenvalue weighted by Crippen LogP contribution is 2.36. The number of anilines is 2. The molecule has 0 spiro atoms. The second-order valence-electron chi connectivity index (χ2n) is 7.32. The van der Waals surface area contributed by atoms with Crippen molar-refractivity contribution in [2.75, 3.05) is 42.6 Å². The summed E-state index contributed by atoms with van der Waals surface area (Å²) in [6.07, 6.45) is 3.57. The van der Waals surface area contributed by atoms with Gasteiger partial charge in [-0.25, -0.2) is 9.78 Å². The third-order valence-electron chi connectivity index (χ3n) is 5.70. The number of aromatic nitrogens is 1. The molecule has 3 saturated heterocycles. The number of ether oxygens (including phenoxy) is 2. The van der Waals surface area contributed by atoms with Crippen molar-refractivity contribution in [3.8, 4) is 0 Å². The van der Waals surface area contributed by atoms with E-state index in [1.807, 2.05) is 12.1 Å². The maximum atomic E-state index is 12.2. The number of fused-ring (bicyclic) bond motifs is 1. The second-order valence-corrected chi connectivity index (χ2v) is 7.32. The van der Waals surface area contributed by atoms with Gasteiger partial charge in [-0.15, -0.1) is 0 Å². The lowest BCUT2D eigenvalue weighted by atomic mass is 9.95. The van der Waals surface area contributed by atoms with Crippen LogP contribution in [0.5, 0.6) is 0 Å². The molecule has 1 aromatic heterocycles. The SMILES string of the molecule is O=C1CCN(c2ccc(N3CCC(C4OCCO4)CC3)c3ncoc23)C(=O)N1. The van der Waals surface area contributed by atoms with Crippen LogP contribution in [0, 0.1) is 5.92 Å². The molecule has 9 nitrogen and oxygen atoms in total. The summed E-state index contributed by atoms with van der Waals surface area (Å²) in [7, 11) is 0. The van der Waals surface area contributed by atoms with E-state index in [1.165, 1.54) is 11.3 Å². The van der Waals surface area contributed by atoms with Crippen LogP contribution < -0.4 is 15.1 Å². The smallest absolute Gasteiger partial charge is 0.328 e. The topological polar surface area (TPSA) is 97.1 Å². The molecular formula is C19H22N4O5. The van der Waals surface area contributed by atoms with Crippen LogP contribution in [-0.2, 0) is 14.3 Å². The highest BCUT2D eigenvalue weighted by molar-refractivity contribution is 6.09. The summed E-state index contributed by atoms with van der Waals surface area (Å²) < 4.78 is 16.9. The van der Waals surface area contributed by atoms with Crippen LogP contribution in [0.25, 0.3) is 11.1 Å². The second kappa shape index (κ2) is 7.06. The Balaban J connectivity index is 1.38. The molecule has 0 atom stereocenters. The number of nitrogens with zero attached hydrogens (tertiary/aromatic N) is 3. The summed E-state index contributed by atoms with van der Waals surface area (Å²) >= 11 is 0. The lowest BCUT2D eigenvalue weighted by Gasteiger charge is -2.35. The normalized spacial score (nSPS) is 22.3. The van der Waals surface area contributed by atoms with Gasteiger partial charge in [0.25, 0.3) is 0 Å². The minimum atomic E-state index is -0.431. The maximum Gasteiger partial charge on any atom is 0.328 e. The lowest BCUT2D eigenvalue weighted by molar-refractivity contribution is -0.120. The van der Waals surface area contributed by atoms with Gasteiger partial charge < -0.3 is 18.8 Å². The van der Waals surface area contributed by atoms with E-state index in [4.69, 9.17) is 13.9 Å². The molecule has 3 aliphatic rings. The minimum absolute atomic E-state index is 0.0723. The number of carbonyl (C=O) groups excluding carboxylic acids is 2. The molecule has 28 heavy (non-hydrogen) atoms. The van der Waals surface area contributed by atoms with Gasteiger partial charge in [0.1, 0.15) is 5.52 Å². The summed E-state index contributed by atoms with van der Waals surface area (Å²) in [6, 6.07) is 3.42. The Labute approximate surface area is 161 Å². The van der Waals surface area contributed by atoms with Crippen LogP contribution in [-0.4, -0.2) is 56.1 Å². The zero-order chi connectivity index (χ0) is 19.1. The van der Waals surface area contributed by atoms with Gasteiger partial charge >= 0.3 is 6.03 Å². The Kier molecular flexibility index (Phi) is 4.40. The molecule has 148 valence electrons. The number of piperidine rings is 1.